The summed E-state index contributed by atoms with van der Waals surface area (Å²) in [7, 11) is -3.88. The van der Waals surface area contributed by atoms with Crippen LogP contribution in [-0.4, -0.2) is 4.21 Å². The normalized spacial score (nSPS) is 17.0. The Morgan fingerprint density at radius 3 is 1.45 bits per heavy atom. The molecule has 2 nitrogen and oxygen atoms in total. The molecule has 3 aliphatic rings. The Kier molecular flexibility index (Phi) is 4.28. The fraction of sp³-hybridized carbons (Fsp3) is 0. The maximum atomic E-state index is 16.8. The molecule has 0 aromatic heterocycles. The Labute approximate surface area is 237 Å². The first-order chi connectivity index (χ1) is 19.7. The fourth-order valence-electron chi connectivity index (χ4n) is 7.05. The van der Waals surface area contributed by atoms with Crippen molar-refractivity contribution in [2.75, 3.05) is 4.90 Å². The van der Waals surface area contributed by atoms with Gasteiger partial charge < -0.3 is 4.90 Å². The smallest absolute Gasteiger partial charge is 0.0601 e. The molecule has 0 unspecified atom stereocenters. The van der Waals surface area contributed by atoms with Gasteiger partial charge in [-0.05, 0) is 65.7 Å². The third-order valence-electron chi connectivity index (χ3n) is 8.58. The summed E-state index contributed by atoms with van der Waals surface area (Å²) in [4.78, 5) is 8.44. The summed E-state index contributed by atoms with van der Waals surface area (Å²) in [5.74, 6) is 0. The number of para-hydroxylation sites is 2. The van der Waals surface area contributed by atoms with E-state index in [-0.39, 0.29) is 0 Å². The lowest BCUT2D eigenvalue weighted by Crippen LogP contribution is -2.30. The highest BCUT2D eigenvalue weighted by molar-refractivity contribution is 8.21. The zero-order chi connectivity index (χ0) is 26.5. The average molecular weight is 550 g/mol. The van der Waals surface area contributed by atoms with Gasteiger partial charge in [-0.25, -0.2) is 0 Å². The molecule has 0 aliphatic carbocycles. The number of rotatable bonds is 1. The van der Waals surface area contributed by atoms with Crippen molar-refractivity contribution in [3.05, 3.63) is 140 Å². The molecule has 6 aromatic rings. The Hall–Kier alpha value is -4.38. The molecule has 0 fully saturated rings. The second kappa shape index (κ2) is 7.63. The molecule has 0 amide bonds. The second-order valence-electron chi connectivity index (χ2n) is 10.5. The standard InChI is InChI=1S/C36H23NOS2/c38-40(32-20-8-1-12-24(32)25-13-2-9-21-33(25)40)34-22-10-3-14-26(34)36-29(17-11-23-35(36)40)37-27-15-4-6-18-30(27)39-31-19-7-5-16-28(31)37/h1-23H. The molecule has 3 aliphatic heterocycles. The van der Waals surface area contributed by atoms with Crippen molar-refractivity contribution in [3.8, 4) is 22.3 Å². The molecule has 1 spiro atoms. The van der Waals surface area contributed by atoms with E-state index in [1.807, 2.05) is 18.2 Å². The molecule has 3 heterocycles. The van der Waals surface area contributed by atoms with Crippen molar-refractivity contribution in [2.24, 2.45) is 0 Å². The molecule has 0 atom stereocenters. The first-order valence-electron chi connectivity index (χ1n) is 13.4. The van der Waals surface area contributed by atoms with Crippen LogP contribution in [0.25, 0.3) is 22.3 Å². The second-order valence-corrected chi connectivity index (χ2v) is 15.2. The molecule has 0 saturated carbocycles. The molecule has 0 bridgehead atoms. The molecule has 0 saturated heterocycles. The zero-order valence-corrected chi connectivity index (χ0v) is 23.1. The van der Waals surface area contributed by atoms with Crippen molar-refractivity contribution in [1.82, 2.24) is 0 Å². The Bertz CT molecular complexity index is 2030. The predicted octanol–water partition coefficient (Wildman–Crippen LogP) is 9.94. The van der Waals surface area contributed by atoms with Gasteiger partial charge >= 0.3 is 0 Å². The van der Waals surface area contributed by atoms with Crippen LogP contribution >= 0.6 is 11.8 Å². The number of benzene rings is 6. The van der Waals surface area contributed by atoms with E-state index in [0.29, 0.717) is 0 Å². The maximum absolute atomic E-state index is 16.8. The lowest BCUT2D eigenvalue weighted by Gasteiger charge is -2.39. The van der Waals surface area contributed by atoms with Gasteiger partial charge in [0.05, 0.1) is 17.1 Å². The third kappa shape index (κ3) is 2.46. The minimum Gasteiger partial charge on any atom is -0.308 e. The summed E-state index contributed by atoms with van der Waals surface area (Å²) in [6.45, 7) is 0. The van der Waals surface area contributed by atoms with Gasteiger partial charge in [0.1, 0.15) is 0 Å². The quantitative estimate of drug-likeness (QED) is 0.203. The number of anilines is 3. The Balaban J connectivity index is 1.46. The van der Waals surface area contributed by atoms with Gasteiger partial charge in [-0.2, -0.15) is 0 Å². The van der Waals surface area contributed by atoms with Crippen LogP contribution in [0.15, 0.2) is 169 Å². The first-order valence-corrected chi connectivity index (χ1v) is 16.2. The van der Waals surface area contributed by atoms with Gasteiger partial charge in [-0.15, -0.1) is 0 Å². The van der Waals surface area contributed by atoms with Crippen molar-refractivity contribution in [1.29, 1.82) is 0 Å². The summed E-state index contributed by atoms with van der Waals surface area (Å²) < 4.78 is 16.8. The van der Waals surface area contributed by atoms with Gasteiger partial charge in [-0.1, -0.05) is 96.7 Å². The Morgan fingerprint density at radius 2 is 0.850 bits per heavy atom. The van der Waals surface area contributed by atoms with Crippen LogP contribution in [-0.2, 0) is 9.07 Å². The fourth-order valence-corrected chi connectivity index (χ4v) is 13.3. The van der Waals surface area contributed by atoms with E-state index in [1.165, 1.54) is 9.79 Å². The highest BCUT2D eigenvalue weighted by atomic mass is 32.3. The molecular weight excluding hydrogens is 527 g/mol. The van der Waals surface area contributed by atoms with Gasteiger partial charge in [0, 0.05) is 49.6 Å². The van der Waals surface area contributed by atoms with E-state index in [2.05, 4.69) is 126 Å². The number of fused-ring (bicyclic) bond motifs is 12. The summed E-state index contributed by atoms with van der Waals surface area (Å²) in [5, 5.41) is 0. The van der Waals surface area contributed by atoms with E-state index >= 15 is 4.21 Å². The molecule has 40 heavy (non-hydrogen) atoms. The van der Waals surface area contributed by atoms with E-state index in [4.69, 9.17) is 0 Å². The van der Waals surface area contributed by atoms with Crippen molar-refractivity contribution < 1.29 is 4.21 Å². The van der Waals surface area contributed by atoms with Crippen LogP contribution in [0, 0.1) is 0 Å². The molecule has 0 N–H and O–H groups in total. The zero-order valence-electron chi connectivity index (χ0n) is 21.5. The molecule has 6 aromatic carbocycles. The number of nitrogens with zero attached hydrogens (tertiary/aromatic N) is 1. The topological polar surface area (TPSA) is 20.3 Å². The summed E-state index contributed by atoms with van der Waals surface area (Å²) in [6, 6.07) is 48.5. The van der Waals surface area contributed by atoms with Crippen LogP contribution in [0.3, 0.4) is 0 Å². The molecule has 190 valence electrons. The Morgan fingerprint density at radius 1 is 0.425 bits per heavy atom. The predicted molar refractivity (Wildman–Crippen MR) is 164 cm³/mol. The summed E-state index contributed by atoms with van der Waals surface area (Å²) in [5.41, 5.74) is 7.56. The summed E-state index contributed by atoms with van der Waals surface area (Å²) in [6.07, 6.45) is 0. The maximum Gasteiger partial charge on any atom is 0.0601 e. The van der Waals surface area contributed by atoms with Crippen LogP contribution in [0.4, 0.5) is 17.1 Å². The number of hydrogen-bond donors (Lipinski definition) is 0. The third-order valence-corrected chi connectivity index (χ3v) is 14.5. The SMILES string of the molecule is O=S12(c3ccccc3-c3ccccc31)c1ccccc1-c1c(N3c4ccccc4Sc4ccccc43)cccc12. The van der Waals surface area contributed by atoms with Gasteiger partial charge in [-0.3, -0.25) is 4.21 Å². The van der Waals surface area contributed by atoms with Gasteiger partial charge in [0.2, 0.25) is 0 Å². The van der Waals surface area contributed by atoms with Crippen molar-refractivity contribution in [2.45, 2.75) is 29.4 Å². The van der Waals surface area contributed by atoms with Crippen LogP contribution in [0.5, 0.6) is 0 Å². The largest absolute Gasteiger partial charge is 0.308 e. The van der Waals surface area contributed by atoms with Crippen molar-refractivity contribution >= 4 is 37.9 Å². The van der Waals surface area contributed by atoms with E-state index in [0.717, 1.165) is 58.9 Å². The van der Waals surface area contributed by atoms with Crippen LogP contribution in [0.2, 0.25) is 0 Å². The molecule has 9 rings (SSSR count). The monoisotopic (exact) mass is 549 g/mol. The van der Waals surface area contributed by atoms with Crippen LogP contribution in [0.1, 0.15) is 0 Å². The molecule has 0 radical (unpaired) electrons. The van der Waals surface area contributed by atoms with Crippen molar-refractivity contribution in [3.63, 3.8) is 0 Å². The summed E-state index contributed by atoms with van der Waals surface area (Å²) >= 11 is 1.80. The molecular formula is C36H23NOS2. The van der Waals surface area contributed by atoms with E-state index < -0.39 is 9.07 Å². The number of hydrogen-bond acceptors (Lipinski definition) is 3. The highest BCUT2D eigenvalue weighted by Crippen LogP contribution is 2.72. The highest BCUT2D eigenvalue weighted by Gasteiger charge is 2.58. The lowest BCUT2D eigenvalue weighted by molar-refractivity contribution is 0.658. The van der Waals surface area contributed by atoms with Gasteiger partial charge in [0.15, 0.2) is 0 Å². The molecule has 4 heteroatoms. The van der Waals surface area contributed by atoms with E-state index in [9.17, 15) is 0 Å². The minimum absolute atomic E-state index is 0.904. The lowest BCUT2D eigenvalue weighted by atomic mass is 10.0. The average Bonchev–Trinajstić information content (AvgIpc) is 3.41. The first kappa shape index (κ1) is 22.4. The minimum atomic E-state index is -3.88. The van der Waals surface area contributed by atoms with E-state index in [1.54, 1.807) is 11.8 Å². The van der Waals surface area contributed by atoms with Crippen LogP contribution < -0.4 is 4.90 Å². The van der Waals surface area contributed by atoms with Gasteiger partial charge in [0.25, 0.3) is 0 Å².